The summed E-state index contributed by atoms with van der Waals surface area (Å²) in [6, 6.07) is 8.91. The lowest BCUT2D eigenvalue weighted by molar-refractivity contribution is -0.156. The molecule has 0 radical (unpaired) electrons. The SMILES string of the molecule is CC(=O)O[C@H](CCC(C)(C)OC(=O)c1ccccc1)[C@@H](C)[C@H]1CC[C@@]2(O)C3=CC(=O)C4C[C@@H](O)CC[C@]4(C)C3CC[C@]12C. The normalized spacial score (nSPS) is 36.8. The van der Waals surface area contributed by atoms with Crippen LogP contribution < -0.4 is 0 Å². The molecule has 0 saturated heterocycles. The summed E-state index contributed by atoms with van der Waals surface area (Å²) in [7, 11) is 0. The lowest BCUT2D eigenvalue weighted by atomic mass is 9.46. The summed E-state index contributed by atoms with van der Waals surface area (Å²) in [5.74, 6) is -0.725. The van der Waals surface area contributed by atoms with Gasteiger partial charge in [0.1, 0.15) is 11.7 Å². The van der Waals surface area contributed by atoms with E-state index < -0.39 is 28.8 Å². The molecule has 0 aliphatic heterocycles. The number of fused-ring (bicyclic) bond motifs is 5. The fraction of sp³-hybridized carbons (Fsp3) is 0.694. The van der Waals surface area contributed by atoms with Crippen LogP contribution in [0, 0.1) is 34.5 Å². The Hall–Kier alpha value is -2.51. The van der Waals surface area contributed by atoms with Crippen LogP contribution in [0.3, 0.4) is 0 Å². The smallest absolute Gasteiger partial charge is 0.338 e. The van der Waals surface area contributed by atoms with Crippen LogP contribution in [0.25, 0.3) is 0 Å². The Labute approximate surface area is 256 Å². The van der Waals surface area contributed by atoms with E-state index >= 15 is 0 Å². The zero-order valence-electron chi connectivity index (χ0n) is 26.7. The second-order valence-corrected chi connectivity index (χ2v) is 15.1. The number of aliphatic hydroxyl groups excluding tert-OH is 1. The van der Waals surface area contributed by atoms with Crippen molar-refractivity contribution in [3.05, 3.63) is 47.5 Å². The second-order valence-electron chi connectivity index (χ2n) is 15.1. The maximum atomic E-state index is 13.5. The molecule has 0 spiro atoms. The van der Waals surface area contributed by atoms with Crippen molar-refractivity contribution in [3.63, 3.8) is 0 Å². The molecule has 4 aliphatic carbocycles. The van der Waals surface area contributed by atoms with Gasteiger partial charge in [-0.05, 0) is 119 Å². The summed E-state index contributed by atoms with van der Waals surface area (Å²) in [6.07, 6.45) is 6.99. The maximum Gasteiger partial charge on any atom is 0.338 e. The van der Waals surface area contributed by atoms with Crippen LogP contribution in [-0.2, 0) is 19.1 Å². The minimum atomic E-state index is -1.10. The number of ether oxygens (including phenoxy) is 2. The summed E-state index contributed by atoms with van der Waals surface area (Å²) in [6.45, 7) is 11.7. The minimum Gasteiger partial charge on any atom is -0.462 e. The number of benzene rings is 1. The van der Waals surface area contributed by atoms with Gasteiger partial charge in [-0.3, -0.25) is 9.59 Å². The highest BCUT2D eigenvalue weighted by Crippen LogP contribution is 2.68. The van der Waals surface area contributed by atoms with Crippen molar-refractivity contribution in [3.8, 4) is 0 Å². The second kappa shape index (κ2) is 11.4. The molecule has 0 aromatic heterocycles. The molecule has 2 N–H and O–H groups in total. The molecule has 1 aromatic rings. The van der Waals surface area contributed by atoms with Crippen LogP contribution in [0.5, 0.6) is 0 Å². The van der Waals surface area contributed by atoms with Crippen molar-refractivity contribution in [2.45, 2.75) is 123 Å². The highest BCUT2D eigenvalue weighted by Gasteiger charge is 2.66. The van der Waals surface area contributed by atoms with Crippen LogP contribution in [0.2, 0.25) is 0 Å². The van der Waals surface area contributed by atoms with E-state index in [9.17, 15) is 24.6 Å². The third-order valence-electron chi connectivity index (χ3n) is 12.1. The lowest BCUT2D eigenvalue weighted by Gasteiger charge is -2.59. The van der Waals surface area contributed by atoms with Gasteiger partial charge in [0.2, 0.25) is 0 Å². The highest BCUT2D eigenvalue weighted by atomic mass is 16.6. The minimum absolute atomic E-state index is 0.0479. The molecule has 7 nitrogen and oxygen atoms in total. The summed E-state index contributed by atoms with van der Waals surface area (Å²) >= 11 is 0. The Morgan fingerprint density at radius 3 is 2.42 bits per heavy atom. The lowest BCUT2D eigenvalue weighted by Crippen LogP contribution is -2.59. The molecule has 1 aromatic carbocycles. The zero-order valence-corrected chi connectivity index (χ0v) is 26.7. The summed E-state index contributed by atoms with van der Waals surface area (Å²) in [5, 5.41) is 22.9. The molecule has 4 aliphatic rings. The van der Waals surface area contributed by atoms with Gasteiger partial charge in [-0.2, -0.15) is 0 Å². The number of rotatable bonds is 8. The number of aliphatic hydroxyl groups is 2. The van der Waals surface area contributed by atoms with Gasteiger partial charge in [0.15, 0.2) is 5.78 Å². The van der Waals surface area contributed by atoms with E-state index in [0.29, 0.717) is 37.7 Å². The molecule has 0 bridgehead atoms. The molecule has 43 heavy (non-hydrogen) atoms. The first-order valence-corrected chi connectivity index (χ1v) is 16.2. The van der Waals surface area contributed by atoms with Crippen molar-refractivity contribution < 1.29 is 34.1 Å². The molecule has 5 rings (SSSR count). The molecule has 0 heterocycles. The van der Waals surface area contributed by atoms with E-state index in [2.05, 4.69) is 20.8 Å². The quantitative estimate of drug-likeness (QED) is 0.345. The number of hydrogen-bond acceptors (Lipinski definition) is 7. The number of hydrogen-bond donors (Lipinski definition) is 2. The average molecular weight is 595 g/mol. The van der Waals surface area contributed by atoms with E-state index in [1.807, 2.05) is 19.9 Å². The van der Waals surface area contributed by atoms with Crippen molar-refractivity contribution in [1.82, 2.24) is 0 Å². The van der Waals surface area contributed by atoms with Crippen LogP contribution in [0.4, 0.5) is 0 Å². The standard InChI is InChI=1S/C36H50O7/c1-22(31(42-23(2)37)15-16-33(3,4)43-32(40)24-10-8-7-9-11-24)26-14-19-36(41)28-21-30(39)29-20-25(38)12-17-34(29,5)27(28)13-18-35(26,36)6/h7-11,21-22,25-27,29,31,38,41H,12-20H2,1-6H3/t22-,25-,26+,27?,29?,31+,34+,35+,36+/m0/s1. The van der Waals surface area contributed by atoms with Gasteiger partial charge in [-0.15, -0.1) is 0 Å². The van der Waals surface area contributed by atoms with Gasteiger partial charge in [-0.1, -0.05) is 39.0 Å². The number of carbonyl (C=O) groups excluding carboxylic acids is 3. The largest absolute Gasteiger partial charge is 0.462 e. The van der Waals surface area contributed by atoms with Gasteiger partial charge in [0, 0.05) is 18.3 Å². The van der Waals surface area contributed by atoms with Gasteiger partial charge in [0.25, 0.3) is 0 Å². The first-order chi connectivity index (χ1) is 20.1. The predicted octanol–water partition coefficient (Wildman–Crippen LogP) is 6.20. The summed E-state index contributed by atoms with van der Waals surface area (Å²) in [4.78, 5) is 38.5. The Morgan fingerprint density at radius 1 is 1.05 bits per heavy atom. The van der Waals surface area contributed by atoms with Gasteiger partial charge in [0.05, 0.1) is 17.3 Å². The molecule has 0 amide bonds. The van der Waals surface area contributed by atoms with Crippen LogP contribution >= 0.6 is 0 Å². The number of esters is 2. The molecule has 7 heteroatoms. The van der Waals surface area contributed by atoms with Crippen molar-refractivity contribution in [2.75, 3.05) is 0 Å². The van der Waals surface area contributed by atoms with Gasteiger partial charge in [-0.25, -0.2) is 4.79 Å². The van der Waals surface area contributed by atoms with Crippen LogP contribution in [0.1, 0.15) is 110 Å². The molecular weight excluding hydrogens is 544 g/mol. The zero-order chi connectivity index (χ0) is 31.4. The van der Waals surface area contributed by atoms with Crippen LogP contribution in [0.15, 0.2) is 42.0 Å². The summed E-state index contributed by atoms with van der Waals surface area (Å²) in [5.41, 5.74) is -1.19. The Kier molecular flexibility index (Phi) is 8.49. The van der Waals surface area contributed by atoms with Crippen molar-refractivity contribution in [2.24, 2.45) is 34.5 Å². The number of carbonyl (C=O) groups is 3. The van der Waals surface area contributed by atoms with Gasteiger partial charge < -0.3 is 19.7 Å². The van der Waals surface area contributed by atoms with Crippen molar-refractivity contribution >= 4 is 17.7 Å². The third-order valence-corrected chi connectivity index (χ3v) is 12.1. The predicted molar refractivity (Wildman–Crippen MR) is 163 cm³/mol. The van der Waals surface area contributed by atoms with E-state index in [1.165, 1.54) is 6.92 Å². The first-order valence-electron chi connectivity index (χ1n) is 16.2. The fourth-order valence-electron chi connectivity index (χ4n) is 9.53. The topological polar surface area (TPSA) is 110 Å². The van der Waals surface area contributed by atoms with Gasteiger partial charge >= 0.3 is 11.9 Å². The monoisotopic (exact) mass is 594 g/mol. The third kappa shape index (κ3) is 5.61. The Morgan fingerprint density at radius 2 is 1.74 bits per heavy atom. The first kappa shape index (κ1) is 31.9. The average Bonchev–Trinajstić information content (AvgIpc) is 3.23. The molecule has 9 atom stereocenters. The van der Waals surface area contributed by atoms with Crippen molar-refractivity contribution in [1.29, 1.82) is 0 Å². The molecule has 3 fully saturated rings. The summed E-state index contributed by atoms with van der Waals surface area (Å²) < 4.78 is 11.8. The van der Waals surface area contributed by atoms with E-state index in [4.69, 9.17) is 9.47 Å². The van der Waals surface area contributed by atoms with Crippen LogP contribution in [-0.4, -0.2) is 51.3 Å². The van der Waals surface area contributed by atoms with E-state index in [0.717, 1.165) is 31.3 Å². The van der Waals surface area contributed by atoms with E-state index in [-0.39, 0.29) is 46.8 Å². The fourth-order valence-corrected chi connectivity index (χ4v) is 9.53. The molecule has 2 unspecified atom stereocenters. The Balaban J connectivity index is 1.34. The molecule has 3 saturated carbocycles. The van der Waals surface area contributed by atoms with E-state index in [1.54, 1.807) is 30.3 Å². The number of allylic oxidation sites excluding steroid dienone is 1. The maximum absolute atomic E-state index is 13.5. The molecule has 236 valence electrons. The highest BCUT2D eigenvalue weighted by molar-refractivity contribution is 5.95. The Bertz CT molecular complexity index is 1270. The number of ketones is 1. The molecular formula is C36H50O7.